The van der Waals surface area contributed by atoms with Crippen molar-refractivity contribution in [3.63, 3.8) is 0 Å². The van der Waals surface area contributed by atoms with Crippen LogP contribution in [-0.2, 0) is 23.9 Å². The number of carboxylic acids is 1. The van der Waals surface area contributed by atoms with Crippen LogP contribution in [0.1, 0.15) is 45.4 Å². The fourth-order valence-electron chi connectivity index (χ4n) is 7.40. The van der Waals surface area contributed by atoms with Gasteiger partial charge in [0.1, 0.15) is 11.7 Å². The third-order valence-electron chi connectivity index (χ3n) is 8.43. The quantitative estimate of drug-likeness (QED) is 0.335. The van der Waals surface area contributed by atoms with E-state index in [2.05, 4.69) is 0 Å². The second kappa shape index (κ2) is 7.86. The highest BCUT2D eigenvalue weighted by molar-refractivity contribution is 8.11. The Labute approximate surface area is 192 Å². The number of allylic oxidation sites excluding steroid dienone is 2. The maximum absolute atomic E-state index is 14.2. The zero-order valence-electron chi connectivity index (χ0n) is 18.2. The first-order chi connectivity index (χ1) is 15.5. The molecule has 6 bridgehead atoms. The molecule has 0 heterocycles. The highest BCUT2D eigenvalue weighted by atomic mass is 32.2. The number of aliphatic carboxylic acids is 1. The van der Waals surface area contributed by atoms with Gasteiger partial charge in [-0.1, -0.05) is 12.2 Å². The molecule has 6 aliphatic carbocycles. The van der Waals surface area contributed by atoms with E-state index in [1.54, 1.807) is 0 Å². The average Bonchev–Trinajstić information content (AvgIpc) is 3.36. The Morgan fingerprint density at radius 2 is 1.67 bits per heavy atom. The molecule has 0 aliphatic heterocycles. The van der Waals surface area contributed by atoms with Crippen LogP contribution in [-0.4, -0.2) is 49.9 Å². The van der Waals surface area contributed by atoms with E-state index in [-0.39, 0.29) is 29.6 Å². The monoisotopic (exact) mass is 486 g/mol. The molecule has 0 aromatic rings. The third-order valence-corrected chi connectivity index (χ3v) is 9.57. The molecule has 182 valence electrons. The number of hydrogen-bond donors (Lipinski definition) is 2. The van der Waals surface area contributed by atoms with Gasteiger partial charge < -0.3 is 19.1 Å². The van der Waals surface area contributed by atoms with E-state index in [1.165, 1.54) is 6.92 Å². The highest BCUT2D eigenvalue weighted by Crippen LogP contribution is 2.59. The Kier molecular flexibility index (Phi) is 5.47. The second-order valence-corrected chi connectivity index (χ2v) is 12.0. The molecule has 6 aliphatic rings. The van der Waals surface area contributed by atoms with Gasteiger partial charge in [0.2, 0.25) is 0 Å². The van der Waals surface area contributed by atoms with E-state index in [0.717, 1.165) is 18.2 Å². The van der Waals surface area contributed by atoms with Crippen molar-refractivity contribution in [2.75, 3.05) is 0 Å². The number of alkyl halides is 2. The first kappa shape index (κ1) is 23.0. The maximum atomic E-state index is 14.2. The lowest BCUT2D eigenvalue weighted by Crippen LogP contribution is -2.60. The molecule has 6 rings (SSSR count). The van der Waals surface area contributed by atoms with Gasteiger partial charge in [-0.15, -0.1) is 0 Å². The van der Waals surface area contributed by atoms with E-state index in [9.17, 15) is 32.8 Å². The van der Waals surface area contributed by atoms with Crippen molar-refractivity contribution in [1.29, 1.82) is 0 Å². The Hall–Kier alpha value is -1.81. The van der Waals surface area contributed by atoms with Gasteiger partial charge in [0.05, 0.1) is 11.8 Å². The average molecular weight is 487 g/mol. The van der Waals surface area contributed by atoms with Gasteiger partial charge in [-0.05, 0) is 68.6 Å². The number of rotatable bonds is 6. The molecule has 33 heavy (non-hydrogen) atoms. The molecular formula is C23H28F2O7S. The topological polar surface area (TPSA) is 110 Å². The van der Waals surface area contributed by atoms with E-state index in [0.29, 0.717) is 25.7 Å². The number of halogens is 2. The van der Waals surface area contributed by atoms with Crippen LogP contribution >= 0.6 is 10.8 Å². The van der Waals surface area contributed by atoms with Gasteiger partial charge in [0.15, 0.2) is 0 Å². The lowest BCUT2D eigenvalue weighted by atomic mass is 9.53. The maximum Gasteiger partial charge on any atom is 0.405 e. The molecule has 10 heteroatoms. The van der Waals surface area contributed by atoms with Gasteiger partial charge in [-0.2, -0.15) is 8.78 Å². The van der Waals surface area contributed by atoms with Crippen molar-refractivity contribution < 1.29 is 42.3 Å². The number of carbonyl (C=O) groups is 3. The fraction of sp³-hybridized carbons (Fsp3) is 0.739. The van der Waals surface area contributed by atoms with Gasteiger partial charge in [-0.3, -0.25) is 9.59 Å². The minimum absolute atomic E-state index is 0.121. The number of carbonyl (C=O) groups excluding carboxylic acids is 2. The van der Waals surface area contributed by atoms with Gasteiger partial charge in [0.25, 0.3) is 0 Å². The molecule has 7 unspecified atom stereocenters. The summed E-state index contributed by atoms with van der Waals surface area (Å²) in [6.45, 7) is 1.26. The first-order valence-corrected chi connectivity index (χ1v) is 12.7. The molecule has 5 saturated carbocycles. The van der Waals surface area contributed by atoms with E-state index >= 15 is 0 Å². The zero-order chi connectivity index (χ0) is 23.7. The van der Waals surface area contributed by atoms with E-state index in [1.807, 2.05) is 12.2 Å². The second-order valence-electron chi connectivity index (χ2n) is 10.3. The van der Waals surface area contributed by atoms with Crippen molar-refractivity contribution in [2.45, 2.75) is 62.4 Å². The molecule has 2 N–H and O–H groups in total. The summed E-state index contributed by atoms with van der Waals surface area (Å²) < 4.78 is 49.3. The summed E-state index contributed by atoms with van der Waals surface area (Å²) in [7, 11) is -2.51. The fourth-order valence-corrected chi connectivity index (χ4v) is 7.91. The molecule has 5 fully saturated rings. The Bertz CT molecular complexity index is 931. The van der Waals surface area contributed by atoms with Crippen LogP contribution < -0.4 is 0 Å². The molecule has 0 spiro atoms. The standard InChI is InChI=1S/C23H28F2O7S/c1-2-33(30)23(24,25)21(29)32-22-8-11-5-14(9-22)18(15(6-11)10-22)31-20(28)17-13-4-3-12(7-13)16(17)19(26)27/h2-4,11-18,30H,5-10H2,1H3,(H,26,27). The van der Waals surface area contributed by atoms with Crippen LogP contribution in [0.25, 0.3) is 0 Å². The van der Waals surface area contributed by atoms with Crippen LogP contribution in [0.4, 0.5) is 8.78 Å². The van der Waals surface area contributed by atoms with Gasteiger partial charge in [-0.25, -0.2) is 4.79 Å². The predicted octanol–water partition coefficient (Wildman–Crippen LogP) is 3.70. The number of ether oxygens (including phenoxy) is 2. The first-order valence-electron chi connectivity index (χ1n) is 11.5. The summed E-state index contributed by atoms with van der Waals surface area (Å²) in [6.07, 6.45) is 6.67. The van der Waals surface area contributed by atoms with Crippen molar-refractivity contribution in [1.82, 2.24) is 0 Å². The van der Waals surface area contributed by atoms with E-state index < -0.39 is 57.5 Å². The minimum atomic E-state index is -3.99. The zero-order valence-corrected chi connectivity index (χ0v) is 19.0. The van der Waals surface area contributed by atoms with Crippen LogP contribution in [0.3, 0.4) is 0 Å². The van der Waals surface area contributed by atoms with Gasteiger partial charge in [0, 0.05) is 22.6 Å². The summed E-state index contributed by atoms with van der Waals surface area (Å²) >= 11 is 0. The number of carboxylic acid groups (broad SMARTS) is 1. The molecule has 7 atom stereocenters. The Balaban J connectivity index is 1.29. The van der Waals surface area contributed by atoms with Crippen LogP contribution in [0.2, 0.25) is 0 Å². The summed E-state index contributed by atoms with van der Waals surface area (Å²) in [5, 5.41) is 6.52. The normalized spacial score (nSPS) is 43.6. The molecule has 0 aromatic heterocycles. The molecule has 0 saturated heterocycles. The Morgan fingerprint density at radius 1 is 1.06 bits per heavy atom. The van der Waals surface area contributed by atoms with Crippen molar-refractivity contribution in [3.05, 3.63) is 12.2 Å². The van der Waals surface area contributed by atoms with Crippen LogP contribution in [0.15, 0.2) is 12.2 Å². The van der Waals surface area contributed by atoms with Crippen molar-refractivity contribution in [2.24, 2.45) is 41.4 Å². The smallest absolute Gasteiger partial charge is 0.405 e. The minimum Gasteiger partial charge on any atom is -0.481 e. The summed E-state index contributed by atoms with van der Waals surface area (Å²) in [5.74, 6) is -4.99. The lowest BCUT2D eigenvalue weighted by Gasteiger charge is -2.58. The van der Waals surface area contributed by atoms with Crippen molar-refractivity contribution >= 4 is 34.0 Å². The Morgan fingerprint density at radius 3 is 2.24 bits per heavy atom. The number of esters is 2. The molecule has 0 aromatic carbocycles. The number of fused-ring (bicyclic) bond motifs is 2. The molecule has 7 nitrogen and oxygen atoms in total. The van der Waals surface area contributed by atoms with Crippen LogP contribution in [0.5, 0.6) is 0 Å². The van der Waals surface area contributed by atoms with Gasteiger partial charge >= 0.3 is 23.2 Å². The molecule has 0 radical (unpaired) electrons. The van der Waals surface area contributed by atoms with E-state index in [4.69, 9.17) is 9.47 Å². The largest absolute Gasteiger partial charge is 0.481 e. The number of hydrogen-bond acceptors (Lipinski definition) is 6. The van der Waals surface area contributed by atoms with Crippen LogP contribution in [0, 0.1) is 41.4 Å². The predicted molar refractivity (Wildman–Crippen MR) is 115 cm³/mol. The summed E-state index contributed by atoms with van der Waals surface area (Å²) in [6, 6.07) is 0. The SMILES string of the molecule is C/C=S(/O)C(F)(F)C(=O)OC12CC3CC(C1)C(OC(=O)C1C4C=CC(C4)C1C(=O)O)C(C3)C2. The van der Waals surface area contributed by atoms with Crippen molar-refractivity contribution in [3.8, 4) is 0 Å². The summed E-state index contributed by atoms with van der Waals surface area (Å²) in [5.41, 5.74) is -1.03. The highest BCUT2D eigenvalue weighted by Gasteiger charge is 2.61. The third kappa shape index (κ3) is 3.64. The molecule has 0 amide bonds. The summed E-state index contributed by atoms with van der Waals surface area (Å²) in [4.78, 5) is 37.1. The lowest BCUT2D eigenvalue weighted by molar-refractivity contribution is -0.225. The molecular weight excluding hydrogens is 458 g/mol.